The van der Waals surface area contributed by atoms with Crippen molar-refractivity contribution < 1.29 is 8.42 Å². The summed E-state index contributed by atoms with van der Waals surface area (Å²) < 4.78 is 25.3. The van der Waals surface area contributed by atoms with E-state index in [1.54, 1.807) is 25.1 Å². The Bertz CT molecular complexity index is 389. The molecule has 0 aliphatic rings. The number of rotatable bonds is 3. The van der Waals surface area contributed by atoms with Gasteiger partial charge in [0, 0.05) is 6.54 Å². The zero-order valence-corrected chi connectivity index (χ0v) is 8.69. The van der Waals surface area contributed by atoms with Crippen LogP contribution in [0.15, 0.2) is 29.2 Å². The lowest BCUT2D eigenvalue weighted by Gasteiger charge is -2.05. The van der Waals surface area contributed by atoms with E-state index in [1.165, 1.54) is 6.07 Å². The lowest BCUT2D eigenvalue weighted by molar-refractivity contribution is 0.584. The van der Waals surface area contributed by atoms with Crippen molar-refractivity contribution in [1.29, 1.82) is 0 Å². The molecule has 3 nitrogen and oxygen atoms in total. The number of nitrogens with one attached hydrogen (secondary N) is 1. The van der Waals surface area contributed by atoms with Crippen molar-refractivity contribution in [3.05, 3.63) is 29.3 Å². The van der Waals surface area contributed by atoms with Crippen molar-refractivity contribution in [3.8, 4) is 0 Å². The smallest absolute Gasteiger partial charge is 0.211 e. The van der Waals surface area contributed by atoms with Gasteiger partial charge in [-0.1, -0.05) is 30.7 Å². The number of sulfonamides is 1. The van der Waals surface area contributed by atoms with E-state index in [0.29, 0.717) is 6.54 Å². The van der Waals surface area contributed by atoms with Crippen LogP contribution in [0.25, 0.3) is 0 Å². The first kappa shape index (κ1) is 10.5. The van der Waals surface area contributed by atoms with Crippen molar-refractivity contribution in [2.75, 3.05) is 6.54 Å². The summed E-state index contributed by atoms with van der Waals surface area (Å²) in [6, 6.07) is 6.34. The normalized spacial score (nSPS) is 11.5. The van der Waals surface area contributed by atoms with Gasteiger partial charge in [0.25, 0.3) is 0 Å². The SMILES string of the molecule is CCNS(=O)(=O)c1ccccc1Cl. The van der Waals surface area contributed by atoms with Gasteiger partial charge in [-0.25, -0.2) is 13.1 Å². The monoisotopic (exact) mass is 219 g/mol. The molecule has 0 aliphatic heterocycles. The van der Waals surface area contributed by atoms with Crippen LogP contribution in [0.3, 0.4) is 0 Å². The van der Waals surface area contributed by atoms with E-state index in [1.807, 2.05) is 0 Å². The largest absolute Gasteiger partial charge is 0.242 e. The predicted molar refractivity (Wildman–Crippen MR) is 52.3 cm³/mol. The van der Waals surface area contributed by atoms with Crippen molar-refractivity contribution in [2.45, 2.75) is 11.8 Å². The standard InChI is InChI=1S/C8H10ClNO2S/c1-2-10-13(11,12)8-6-4-3-5-7(8)9/h3-6,10H,2H2,1H3. The Morgan fingerprint density at radius 2 is 2.00 bits per heavy atom. The Morgan fingerprint density at radius 1 is 1.38 bits per heavy atom. The Hall–Kier alpha value is -0.580. The molecule has 1 rings (SSSR count). The van der Waals surface area contributed by atoms with Crippen molar-refractivity contribution in [1.82, 2.24) is 4.72 Å². The Labute approximate surface area is 82.8 Å². The highest BCUT2D eigenvalue weighted by Gasteiger charge is 2.15. The highest BCUT2D eigenvalue weighted by Crippen LogP contribution is 2.19. The van der Waals surface area contributed by atoms with Crippen molar-refractivity contribution in [2.24, 2.45) is 0 Å². The molecule has 0 amide bonds. The lowest BCUT2D eigenvalue weighted by atomic mass is 10.4. The third-order valence-corrected chi connectivity index (χ3v) is 3.51. The first-order chi connectivity index (χ1) is 6.08. The fourth-order valence-corrected chi connectivity index (χ4v) is 2.49. The van der Waals surface area contributed by atoms with Gasteiger partial charge in [-0.05, 0) is 12.1 Å². The van der Waals surface area contributed by atoms with E-state index in [2.05, 4.69) is 4.72 Å². The van der Waals surface area contributed by atoms with E-state index >= 15 is 0 Å². The first-order valence-corrected chi connectivity index (χ1v) is 5.68. The molecule has 0 fully saturated rings. The average Bonchev–Trinajstić information content (AvgIpc) is 2.04. The third kappa shape index (κ3) is 2.43. The Kier molecular flexibility index (Phi) is 3.30. The van der Waals surface area contributed by atoms with Crippen molar-refractivity contribution in [3.63, 3.8) is 0 Å². The van der Waals surface area contributed by atoms with Crippen LogP contribution in [0.1, 0.15) is 6.92 Å². The molecule has 0 aromatic heterocycles. The van der Waals surface area contributed by atoms with E-state index in [4.69, 9.17) is 11.6 Å². The molecule has 0 unspecified atom stereocenters. The quantitative estimate of drug-likeness (QED) is 0.840. The minimum atomic E-state index is -3.42. The van der Waals surface area contributed by atoms with Gasteiger partial charge in [-0.3, -0.25) is 0 Å². The van der Waals surface area contributed by atoms with Crippen LogP contribution in [0.4, 0.5) is 0 Å². The maximum Gasteiger partial charge on any atom is 0.242 e. The van der Waals surface area contributed by atoms with E-state index in [-0.39, 0.29) is 9.92 Å². The van der Waals surface area contributed by atoms with Crippen LogP contribution in [-0.4, -0.2) is 15.0 Å². The van der Waals surface area contributed by atoms with Crippen LogP contribution in [0.5, 0.6) is 0 Å². The fourth-order valence-electron chi connectivity index (χ4n) is 0.930. The molecule has 0 heterocycles. The average molecular weight is 220 g/mol. The van der Waals surface area contributed by atoms with E-state index < -0.39 is 10.0 Å². The molecule has 0 spiro atoms. The number of hydrogen-bond donors (Lipinski definition) is 1. The van der Waals surface area contributed by atoms with Gasteiger partial charge < -0.3 is 0 Å². The number of benzene rings is 1. The van der Waals surface area contributed by atoms with Crippen LogP contribution < -0.4 is 4.72 Å². The second-order valence-corrected chi connectivity index (χ2v) is 4.57. The minimum Gasteiger partial charge on any atom is -0.211 e. The second kappa shape index (κ2) is 4.09. The summed E-state index contributed by atoms with van der Waals surface area (Å²) in [6.07, 6.45) is 0. The molecule has 0 atom stereocenters. The van der Waals surface area contributed by atoms with Crippen molar-refractivity contribution >= 4 is 21.6 Å². The van der Waals surface area contributed by atoms with Gasteiger partial charge in [0.2, 0.25) is 10.0 Å². The van der Waals surface area contributed by atoms with Gasteiger partial charge in [0.1, 0.15) is 4.90 Å². The highest BCUT2D eigenvalue weighted by molar-refractivity contribution is 7.89. The topological polar surface area (TPSA) is 46.2 Å². The molecular weight excluding hydrogens is 210 g/mol. The van der Waals surface area contributed by atoms with Gasteiger partial charge in [0.15, 0.2) is 0 Å². The molecular formula is C8H10ClNO2S. The molecule has 0 radical (unpaired) electrons. The summed E-state index contributed by atoms with van der Waals surface area (Å²) in [4.78, 5) is 0.124. The Balaban J connectivity index is 3.15. The zero-order chi connectivity index (χ0) is 9.90. The number of hydrogen-bond acceptors (Lipinski definition) is 2. The molecule has 5 heteroatoms. The molecule has 1 N–H and O–H groups in total. The maximum absolute atomic E-state index is 11.5. The first-order valence-electron chi connectivity index (χ1n) is 3.82. The summed E-state index contributed by atoms with van der Waals surface area (Å²) in [6.45, 7) is 2.07. The van der Waals surface area contributed by atoms with Gasteiger partial charge in [0.05, 0.1) is 5.02 Å². The van der Waals surface area contributed by atoms with Crippen LogP contribution >= 0.6 is 11.6 Å². The fraction of sp³-hybridized carbons (Fsp3) is 0.250. The molecule has 1 aromatic carbocycles. The summed E-state index contributed by atoms with van der Waals surface area (Å²) in [5, 5.41) is 0.239. The zero-order valence-electron chi connectivity index (χ0n) is 7.12. The summed E-state index contributed by atoms with van der Waals surface area (Å²) in [5.41, 5.74) is 0. The number of halogens is 1. The highest BCUT2D eigenvalue weighted by atomic mass is 35.5. The molecule has 0 aliphatic carbocycles. The van der Waals surface area contributed by atoms with Crippen LogP contribution in [0, 0.1) is 0 Å². The van der Waals surface area contributed by atoms with E-state index in [9.17, 15) is 8.42 Å². The second-order valence-electron chi connectivity index (χ2n) is 2.43. The van der Waals surface area contributed by atoms with Crippen LogP contribution in [-0.2, 0) is 10.0 Å². The van der Waals surface area contributed by atoms with E-state index in [0.717, 1.165) is 0 Å². The summed E-state index contributed by atoms with van der Waals surface area (Å²) >= 11 is 5.73. The van der Waals surface area contributed by atoms with Gasteiger partial charge >= 0.3 is 0 Å². The lowest BCUT2D eigenvalue weighted by Crippen LogP contribution is -2.23. The minimum absolute atomic E-state index is 0.124. The molecule has 0 saturated heterocycles. The molecule has 13 heavy (non-hydrogen) atoms. The molecule has 1 aromatic rings. The predicted octanol–water partition coefficient (Wildman–Crippen LogP) is 1.64. The maximum atomic E-state index is 11.5. The summed E-state index contributed by atoms with van der Waals surface area (Å²) in [5.74, 6) is 0. The summed E-state index contributed by atoms with van der Waals surface area (Å²) in [7, 11) is -3.42. The third-order valence-electron chi connectivity index (χ3n) is 1.46. The molecule has 0 saturated carbocycles. The molecule has 0 bridgehead atoms. The Morgan fingerprint density at radius 3 is 2.54 bits per heavy atom. The molecule has 72 valence electrons. The van der Waals surface area contributed by atoms with Crippen LogP contribution in [0.2, 0.25) is 5.02 Å². The van der Waals surface area contributed by atoms with Gasteiger partial charge in [-0.2, -0.15) is 0 Å². The van der Waals surface area contributed by atoms with Gasteiger partial charge in [-0.15, -0.1) is 0 Å².